The van der Waals surface area contributed by atoms with Crippen molar-refractivity contribution in [1.82, 2.24) is 10.9 Å². The molecule has 0 radical (unpaired) electrons. The maximum absolute atomic E-state index is 11.9. The quantitative estimate of drug-likeness (QED) is 0.641. The number of benzene rings is 2. The molecule has 27 heavy (non-hydrogen) atoms. The topological polar surface area (TPSA) is 87.3 Å². The van der Waals surface area contributed by atoms with E-state index in [4.69, 9.17) is 23.2 Å². The summed E-state index contributed by atoms with van der Waals surface area (Å²) >= 11 is 11.8. The van der Waals surface area contributed by atoms with Crippen molar-refractivity contribution in [3.05, 3.63) is 63.6 Å². The third-order valence-corrected chi connectivity index (χ3v) is 4.29. The van der Waals surface area contributed by atoms with E-state index in [0.29, 0.717) is 15.7 Å². The van der Waals surface area contributed by atoms with Gasteiger partial charge in [0.2, 0.25) is 17.7 Å². The van der Waals surface area contributed by atoms with E-state index in [1.807, 2.05) is 31.2 Å². The van der Waals surface area contributed by atoms with Crippen LogP contribution in [-0.2, 0) is 20.8 Å². The van der Waals surface area contributed by atoms with Crippen LogP contribution in [0.15, 0.2) is 42.5 Å². The average Bonchev–Trinajstić information content (AvgIpc) is 2.62. The van der Waals surface area contributed by atoms with Crippen molar-refractivity contribution in [2.24, 2.45) is 0 Å². The van der Waals surface area contributed by atoms with Crippen molar-refractivity contribution in [3.63, 3.8) is 0 Å². The van der Waals surface area contributed by atoms with Crippen LogP contribution in [0, 0.1) is 6.92 Å². The molecule has 142 valence electrons. The van der Waals surface area contributed by atoms with Crippen molar-refractivity contribution in [3.8, 4) is 0 Å². The summed E-state index contributed by atoms with van der Waals surface area (Å²) in [7, 11) is 0. The normalized spacial score (nSPS) is 10.2. The van der Waals surface area contributed by atoms with E-state index in [2.05, 4.69) is 16.2 Å². The molecule has 0 aliphatic heterocycles. The van der Waals surface area contributed by atoms with Crippen LogP contribution in [0.5, 0.6) is 0 Å². The molecule has 0 fully saturated rings. The first-order valence-electron chi connectivity index (χ1n) is 8.22. The van der Waals surface area contributed by atoms with E-state index in [9.17, 15) is 14.4 Å². The van der Waals surface area contributed by atoms with Crippen molar-refractivity contribution < 1.29 is 14.4 Å². The fourth-order valence-corrected chi connectivity index (χ4v) is 2.71. The first kappa shape index (κ1) is 20.7. The number of rotatable bonds is 6. The van der Waals surface area contributed by atoms with Crippen LogP contribution >= 0.6 is 23.2 Å². The van der Waals surface area contributed by atoms with Gasteiger partial charge >= 0.3 is 0 Å². The van der Waals surface area contributed by atoms with Crippen LogP contribution in [0.25, 0.3) is 0 Å². The van der Waals surface area contributed by atoms with Gasteiger partial charge in [0.15, 0.2) is 0 Å². The maximum Gasteiger partial charge on any atom is 0.242 e. The van der Waals surface area contributed by atoms with E-state index >= 15 is 0 Å². The van der Waals surface area contributed by atoms with E-state index in [-0.39, 0.29) is 31.1 Å². The Morgan fingerprint density at radius 3 is 2.26 bits per heavy atom. The molecule has 0 heterocycles. The molecule has 3 N–H and O–H groups in total. The Balaban J connectivity index is 1.71. The Bertz CT molecular complexity index is 856. The highest BCUT2D eigenvalue weighted by Crippen LogP contribution is 2.25. The second kappa shape index (κ2) is 9.94. The number of hydrogen-bond donors (Lipinski definition) is 3. The maximum atomic E-state index is 11.9. The lowest BCUT2D eigenvalue weighted by molar-refractivity contribution is -0.129. The first-order chi connectivity index (χ1) is 12.8. The van der Waals surface area contributed by atoms with Crippen molar-refractivity contribution in [2.45, 2.75) is 26.2 Å². The predicted molar refractivity (Wildman–Crippen MR) is 105 cm³/mol. The van der Waals surface area contributed by atoms with Crippen molar-refractivity contribution in [2.75, 3.05) is 5.32 Å². The number of anilines is 1. The fraction of sp³-hybridized carbons (Fsp3) is 0.211. The van der Waals surface area contributed by atoms with E-state index in [0.717, 1.165) is 11.1 Å². The van der Waals surface area contributed by atoms with Gasteiger partial charge in [-0.15, -0.1) is 0 Å². The molecule has 2 rings (SSSR count). The molecule has 2 aromatic rings. The summed E-state index contributed by atoms with van der Waals surface area (Å²) in [5.41, 5.74) is 6.93. The third-order valence-electron chi connectivity index (χ3n) is 3.74. The van der Waals surface area contributed by atoms with Crippen molar-refractivity contribution >= 4 is 46.6 Å². The number of hydrogen-bond acceptors (Lipinski definition) is 3. The third kappa shape index (κ3) is 6.92. The zero-order valence-electron chi connectivity index (χ0n) is 14.6. The number of carbonyl (C=O) groups is 3. The lowest BCUT2D eigenvalue weighted by atomic mass is 10.1. The highest BCUT2D eigenvalue weighted by atomic mass is 35.5. The molecule has 3 amide bonds. The minimum atomic E-state index is -0.467. The summed E-state index contributed by atoms with van der Waals surface area (Å²) in [5, 5.41) is 3.37. The molecule has 0 aliphatic rings. The predicted octanol–water partition coefficient (Wildman–Crippen LogP) is 3.41. The SMILES string of the molecule is Cc1ccccc1CC(=O)NNC(=O)CCC(=O)Nc1ccc(Cl)cc1Cl. The molecule has 0 unspecified atom stereocenters. The smallest absolute Gasteiger partial charge is 0.242 e. The lowest BCUT2D eigenvalue weighted by Crippen LogP contribution is -2.42. The summed E-state index contributed by atoms with van der Waals surface area (Å²) < 4.78 is 0. The Morgan fingerprint density at radius 2 is 1.56 bits per heavy atom. The number of carbonyl (C=O) groups excluding carboxylic acids is 3. The van der Waals surface area contributed by atoms with Gasteiger partial charge in [0.25, 0.3) is 0 Å². The fourth-order valence-electron chi connectivity index (χ4n) is 2.26. The molecule has 0 aliphatic carbocycles. The summed E-state index contributed by atoms with van der Waals surface area (Å²) in [6.07, 6.45) is 0.0165. The van der Waals surface area contributed by atoms with Gasteiger partial charge in [-0.05, 0) is 36.2 Å². The van der Waals surface area contributed by atoms with Crippen LogP contribution < -0.4 is 16.2 Å². The Morgan fingerprint density at radius 1 is 0.889 bits per heavy atom. The Labute approximate surface area is 167 Å². The molecule has 0 aromatic heterocycles. The Hall–Kier alpha value is -2.57. The zero-order valence-corrected chi connectivity index (χ0v) is 16.2. The molecule has 6 nitrogen and oxygen atoms in total. The monoisotopic (exact) mass is 407 g/mol. The highest BCUT2D eigenvalue weighted by Gasteiger charge is 2.11. The largest absolute Gasteiger partial charge is 0.325 e. The van der Waals surface area contributed by atoms with E-state index in [1.165, 1.54) is 6.07 Å². The van der Waals surface area contributed by atoms with Gasteiger partial charge in [0.05, 0.1) is 17.1 Å². The molecular formula is C19H19Cl2N3O3. The number of amides is 3. The molecule has 0 saturated heterocycles. The van der Waals surface area contributed by atoms with Crippen LogP contribution in [-0.4, -0.2) is 17.7 Å². The van der Waals surface area contributed by atoms with Gasteiger partial charge < -0.3 is 5.32 Å². The first-order valence-corrected chi connectivity index (χ1v) is 8.98. The molecule has 0 bridgehead atoms. The molecule has 0 atom stereocenters. The summed E-state index contributed by atoms with van der Waals surface area (Å²) in [6.45, 7) is 1.91. The zero-order chi connectivity index (χ0) is 19.8. The average molecular weight is 408 g/mol. The number of nitrogens with one attached hydrogen (secondary N) is 3. The molecule has 8 heteroatoms. The molecule has 0 saturated carbocycles. The van der Waals surface area contributed by atoms with Gasteiger partial charge in [-0.1, -0.05) is 47.5 Å². The van der Waals surface area contributed by atoms with Gasteiger partial charge in [-0.25, -0.2) is 0 Å². The highest BCUT2D eigenvalue weighted by molar-refractivity contribution is 6.36. The number of hydrazine groups is 1. The van der Waals surface area contributed by atoms with Gasteiger partial charge in [-0.3, -0.25) is 25.2 Å². The van der Waals surface area contributed by atoms with Crippen LogP contribution in [0.1, 0.15) is 24.0 Å². The number of aryl methyl sites for hydroxylation is 1. The second-order valence-electron chi connectivity index (χ2n) is 5.87. The number of halogens is 2. The Kier molecular flexibility index (Phi) is 7.64. The summed E-state index contributed by atoms with van der Waals surface area (Å²) in [6, 6.07) is 12.2. The lowest BCUT2D eigenvalue weighted by Gasteiger charge is -2.09. The van der Waals surface area contributed by atoms with Gasteiger partial charge in [0, 0.05) is 17.9 Å². The molecular weight excluding hydrogens is 389 g/mol. The van der Waals surface area contributed by atoms with Crippen LogP contribution in [0.3, 0.4) is 0 Å². The minimum absolute atomic E-state index is 0.0571. The molecule has 0 spiro atoms. The standard InChI is InChI=1S/C19H19Cl2N3O3/c1-12-4-2-3-5-13(12)10-19(27)24-23-18(26)9-8-17(25)22-16-7-6-14(20)11-15(16)21/h2-7,11H,8-10H2,1H3,(H,22,25)(H,23,26)(H,24,27). The van der Waals surface area contributed by atoms with Crippen LogP contribution in [0.4, 0.5) is 5.69 Å². The van der Waals surface area contributed by atoms with E-state index in [1.54, 1.807) is 12.1 Å². The van der Waals surface area contributed by atoms with Crippen LogP contribution in [0.2, 0.25) is 10.0 Å². The minimum Gasteiger partial charge on any atom is -0.325 e. The second-order valence-corrected chi connectivity index (χ2v) is 6.72. The molecule has 2 aromatic carbocycles. The van der Waals surface area contributed by atoms with E-state index < -0.39 is 5.91 Å². The summed E-state index contributed by atoms with van der Waals surface area (Å²) in [4.78, 5) is 35.6. The summed E-state index contributed by atoms with van der Waals surface area (Å²) in [5.74, 6) is -1.18. The van der Waals surface area contributed by atoms with Gasteiger partial charge in [-0.2, -0.15) is 0 Å². The van der Waals surface area contributed by atoms with Crippen molar-refractivity contribution in [1.29, 1.82) is 0 Å². The van der Waals surface area contributed by atoms with Gasteiger partial charge in [0.1, 0.15) is 0 Å².